The Hall–Kier alpha value is -4.19. The number of aromatic carboxylic acids is 1. The monoisotopic (exact) mass is 412 g/mol. The van der Waals surface area contributed by atoms with Crippen LogP contribution >= 0.6 is 0 Å². The summed E-state index contributed by atoms with van der Waals surface area (Å²) in [6.45, 7) is 0. The fourth-order valence-electron chi connectivity index (χ4n) is 4.02. The number of hydrogen-bond donors (Lipinski definition) is 1. The van der Waals surface area contributed by atoms with Crippen LogP contribution < -0.4 is 10.2 Å². The molecule has 0 saturated carbocycles. The number of rotatable bonds is 3. The number of carbonyl (C=O) groups is 2. The number of esters is 1. The van der Waals surface area contributed by atoms with Crippen LogP contribution in [0.1, 0.15) is 33.8 Å². The van der Waals surface area contributed by atoms with Gasteiger partial charge in [0.2, 0.25) is 5.43 Å². The average Bonchev–Trinajstić information content (AvgIpc) is 2.79. The molecular formula is C25H16O6. The summed E-state index contributed by atoms with van der Waals surface area (Å²) in [7, 11) is 0. The molecule has 5 rings (SSSR count). The number of hydrogen-bond acceptors (Lipinski definition) is 5. The standard InChI is InChI=1S/C25H16O6/c26-21-12-18(15-6-8-16(9-7-15)25(28)29)22-20(31-21)11-10-17-23(27)19(13-30-24(17)22)14-4-2-1-3-5-14/h1-11,13,18H,12H2,(H,28,29). The third-order valence-corrected chi connectivity index (χ3v) is 5.53. The Morgan fingerprint density at radius 1 is 0.935 bits per heavy atom. The molecule has 0 saturated heterocycles. The van der Waals surface area contributed by atoms with Gasteiger partial charge in [-0.25, -0.2) is 4.79 Å². The fourth-order valence-corrected chi connectivity index (χ4v) is 4.02. The number of carboxylic acid groups (broad SMARTS) is 1. The number of carboxylic acids is 1. The van der Waals surface area contributed by atoms with E-state index < -0.39 is 17.9 Å². The molecule has 152 valence electrons. The Morgan fingerprint density at radius 2 is 1.68 bits per heavy atom. The van der Waals surface area contributed by atoms with Gasteiger partial charge in [0.1, 0.15) is 17.6 Å². The summed E-state index contributed by atoms with van der Waals surface area (Å²) in [5.74, 6) is -1.51. The topological polar surface area (TPSA) is 93.8 Å². The second kappa shape index (κ2) is 7.25. The SMILES string of the molecule is O=C1CC(c2ccc(C(=O)O)cc2)c2c(ccc3c(=O)c(-c4ccccc4)coc23)O1. The summed E-state index contributed by atoms with van der Waals surface area (Å²) in [6, 6.07) is 18.8. The van der Waals surface area contributed by atoms with Gasteiger partial charge < -0.3 is 14.3 Å². The lowest BCUT2D eigenvalue weighted by molar-refractivity contribution is -0.135. The first-order chi connectivity index (χ1) is 15.0. The third-order valence-electron chi connectivity index (χ3n) is 5.53. The van der Waals surface area contributed by atoms with Crippen LogP contribution in [0.5, 0.6) is 5.75 Å². The van der Waals surface area contributed by atoms with Gasteiger partial charge in [0.05, 0.1) is 22.9 Å². The Balaban J connectivity index is 1.70. The molecule has 0 spiro atoms. The summed E-state index contributed by atoms with van der Waals surface area (Å²) in [6.07, 6.45) is 1.49. The van der Waals surface area contributed by atoms with Gasteiger partial charge in [-0.2, -0.15) is 0 Å². The van der Waals surface area contributed by atoms with Crippen LogP contribution in [0.2, 0.25) is 0 Å². The lowest BCUT2D eigenvalue weighted by Crippen LogP contribution is -2.22. The molecule has 0 amide bonds. The molecule has 1 aliphatic heterocycles. The molecule has 0 radical (unpaired) electrons. The van der Waals surface area contributed by atoms with Crippen LogP contribution in [0.4, 0.5) is 0 Å². The highest BCUT2D eigenvalue weighted by atomic mass is 16.5. The first-order valence-corrected chi connectivity index (χ1v) is 9.70. The van der Waals surface area contributed by atoms with Gasteiger partial charge in [0, 0.05) is 11.5 Å². The lowest BCUT2D eigenvalue weighted by Gasteiger charge is -2.25. The van der Waals surface area contributed by atoms with E-state index in [1.54, 1.807) is 24.3 Å². The van der Waals surface area contributed by atoms with E-state index in [0.717, 1.165) is 11.1 Å². The molecule has 4 aromatic rings. The first-order valence-electron chi connectivity index (χ1n) is 9.70. The summed E-state index contributed by atoms with van der Waals surface area (Å²) in [5.41, 5.74) is 2.89. The highest BCUT2D eigenvalue weighted by Gasteiger charge is 2.32. The Labute approximate surface area is 176 Å². The van der Waals surface area contributed by atoms with E-state index in [-0.39, 0.29) is 17.4 Å². The lowest BCUT2D eigenvalue weighted by atomic mass is 9.85. The second-order valence-corrected chi connectivity index (χ2v) is 7.36. The molecule has 1 aliphatic rings. The molecule has 6 nitrogen and oxygen atoms in total. The minimum absolute atomic E-state index is 0.0582. The van der Waals surface area contributed by atoms with Crippen molar-refractivity contribution in [2.24, 2.45) is 0 Å². The summed E-state index contributed by atoms with van der Waals surface area (Å²) >= 11 is 0. The van der Waals surface area contributed by atoms with E-state index in [2.05, 4.69) is 0 Å². The maximum atomic E-state index is 13.2. The molecule has 0 aliphatic carbocycles. The van der Waals surface area contributed by atoms with Crippen LogP contribution in [0.15, 0.2) is 82.2 Å². The van der Waals surface area contributed by atoms with Crippen LogP contribution in [0.25, 0.3) is 22.1 Å². The fraction of sp³-hybridized carbons (Fsp3) is 0.0800. The minimum atomic E-state index is -1.03. The van der Waals surface area contributed by atoms with E-state index in [4.69, 9.17) is 14.3 Å². The predicted octanol–water partition coefficient (Wildman–Crippen LogP) is 4.60. The summed E-state index contributed by atoms with van der Waals surface area (Å²) < 4.78 is 11.4. The Morgan fingerprint density at radius 3 is 2.39 bits per heavy atom. The smallest absolute Gasteiger partial charge is 0.335 e. The van der Waals surface area contributed by atoms with Crippen molar-refractivity contribution in [2.45, 2.75) is 12.3 Å². The Bertz CT molecular complexity index is 1380. The van der Waals surface area contributed by atoms with Gasteiger partial charge in [-0.05, 0) is 35.4 Å². The molecule has 31 heavy (non-hydrogen) atoms. The molecule has 1 N–H and O–H groups in total. The van der Waals surface area contributed by atoms with Gasteiger partial charge in [0.25, 0.3) is 0 Å². The van der Waals surface area contributed by atoms with Crippen molar-refractivity contribution < 1.29 is 23.8 Å². The van der Waals surface area contributed by atoms with Gasteiger partial charge in [-0.3, -0.25) is 9.59 Å². The van der Waals surface area contributed by atoms with E-state index in [9.17, 15) is 14.4 Å². The molecule has 0 fully saturated rings. The van der Waals surface area contributed by atoms with Gasteiger partial charge in [0.15, 0.2) is 0 Å². The van der Waals surface area contributed by atoms with Crippen molar-refractivity contribution in [1.29, 1.82) is 0 Å². The summed E-state index contributed by atoms with van der Waals surface area (Å²) in [4.78, 5) is 36.6. The highest BCUT2D eigenvalue weighted by Crippen LogP contribution is 2.42. The average molecular weight is 412 g/mol. The second-order valence-electron chi connectivity index (χ2n) is 7.36. The maximum absolute atomic E-state index is 13.2. The largest absolute Gasteiger partial charge is 0.478 e. The maximum Gasteiger partial charge on any atom is 0.335 e. The van der Waals surface area contributed by atoms with E-state index in [1.807, 2.05) is 30.3 Å². The normalized spacial score (nSPS) is 15.4. The molecule has 0 bridgehead atoms. The zero-order valence-electron chi connectivity index (χ0n) is 16.2. The molecule has 1 unspecified atom stereocenters. The minimum Gasteiger partial charge on any atom is -0.478 e. The quantitative estimate of drug-likeness (QED) is 0.390. The molecule has 1 atom stereocenters. The molecular weight excluding hydrogens is 396 g/mol. The third kappa shape index (κ3) is 3.18. The molecule has 1 aromatic heterocycles. The zero-order valence-corrected chi connectivity index (χ0v) is 16.2. The van der Waals surface area contributed by atoms with Crippen molar-refractivity contribution in [2.75, 3.05) is 0 Å². The van der Waals surface area contributed by atoms with E-state index >= 15 is 0 Å². The van der Waals surface area contributed by atoms with Crippen molar-refractivity contribution in [1.82, 2.24) is 0 Å². The summed E-state index contributed by atoms with van der Waals surface area (Å²) in [5, 5.41) is 9.55. The Kier molecular flexibility index (Phi) is 4.40. The van der Waals surface area contributed by atoms with E-state index in [0.29, 0.717) is 27.8 Å². The van der Waals surface area contributed by atoms with Crippen LogP contribution in [-0.4, -0.2) is 17.0 Å². The van der Waals surface area contributed by atoms with Crippen LogP contribution in [0, 0.1) is 0 Å². The van der Waals surface area contributed by atoms with Gasteiger partial charge >= 0.3 is 11.9 Å². The molecule has 6 heteroatoms. The highest BCUT2D eigenvalue weighted by molar-refractivity contribution is 5.90. The van der Waals surface area contributed by atoms with Crippen LogP contribution in [-0.2, 0) is 4.79 Å². The van der Waals surface area contributed by atoms with Gasteiger partial charge in [-0.15, -0.1) is 0 Å². The van der Waals surface area contributed by atoms with Crippen LogP contribution in [0.3, 0.4) is 0 Å². The number of ether oxygens (including phenoxy) is 1. The zero-order chi connectivity index (χ0) is 21.5. The number of carbonyl (C=O) groups excluding carboxylic acids is 1. The number of fused-ring (bicyclic) bond motifs is 3. The first kappa shape index (κ1) is 18.8. The molecule has 2 heterocycles. The molecule has 3 aromatic carbocycles. The van der Waals surface area contributed by atoms with Crippen molar-refractivity contribution in [3.05, 3.63) is 99.9 Å². The van der Waals surface area contributed by atoms with Crippen molar-refractivity contribution in [3.8, 4) is 16.9 Å². The van der Waals surface area contributed by atoms with Crippen molar-refractivity contribution in [3.63, 3.8) is 0 Å². The van der Waals surface area contributed by atoms with E-state index in [1.165, 1.54) is 18.4 Å². The van der Waals surface area contributed by atoms with Gasteiger partial charge in [-0.1, -0.05) is 42.5 Å². The van der Waals surface area contributed by atoms with Crippen molar-refractivity contribution >= 4 is 22.9 Å². The predicted molar refractivity (Wildman–Crippen MR) is 113 cm³/mol. The number of benzene rings is 3.